The Hall–Kier alpha value is -2.29. The van der Waals surface area contributed by atoms with E-state index in [2.05, 4.69) is 6.92 Å². The van der Waals surface area contributed by atoms with Gasteiger partial charge in [0.05, 0.1) is 6.61 Å². The third kappa shape index (κ3) is 3.85. The van der Waals surface area contributed by atoms with Gasteiger partial charge in [-0.2, -0.15) is 0 Å². The van der Waals surface area contributed by atoms with Gasteiger partial charge >= 0.3 is 5.97 Å². The van der Waals surface area contributed by atoms with Crippen LogP contribution in [0.25, 0.3) is 16.8 Å². The van der Waals surface area contributed by atoms with Crippen LogP contribution in [0.15, 0.2) is 42.5 Å². The van der Waals surface area contributed by atoms with E-state index in [0.717, 1.165) is 47.6 Å². The summed E-state index contributed by atoms with van der Waals surface area (Å²) >= 11 is 0. The maximum atomic E-state index is 10.5. The van der Waals surface area contributed by atoms with Crippen LogP contribution >= 0.6 is 0 Å². The Morgan fingerprint density at radius 3 is 2.70 bits per heavy atom. The van der Waals surface area contributed by atoms with E-state index in [-0.39, 0.29) is 0 Å². The quantitative estimate of drug-likeness (QED) is 0.634. The summed E-state index contributed by atoms with van der Waals surface area (Å²) in [6, 6.07) is 11.8. The zero-order valence-electron chi connectivity index (χ0n) is 11.5. The van der Waals surface area contributed by atoms with Gasteiger partial charge in [0.2, 0.25) is 0 Å². The van der Waals surface area contributed by atoms with E-state index in [1.807, 2.05) is 36.4 Å². The maximum absolute atomic E-state index is 10.5. The van der Waals surface area contributed by atoms with Gasteiger partial charge in [-0.25, -0.2) is 4.79 Å². The van der Waals surface area contributed by atoms with Gasteiger partial charge < -0.3 is 9.84 Å². The Labute approximate surface area is 118 Å². The SMILES string of the molecule is CCCCOc1ccc2cc(/C=C/C(=O)O)ccc2c1. The molecular weight excluding hydrogens is 252 g/mol. The van der Waals surface area contributed by atoms with Crippen LogP contribution in [-0.4, -0.2) is 17.7 Å². The predicted molar refractivity (Wildman–Crippen MR) is 81.0 cm³/mol. The monoisotopic (exact) mass is 270 g/mol. The number of carboxylic acid groups (broad SMARTS) is 1. The summed E-state index contributed by atoms with van der Waals surface area (Å²) in [7, 11) is 0. The van der Waals surface area contributed by atoms with Crippen LogP contribution < -0.4 is 4.74 Å². The summed E-state index contributed by atoms with van der Waals surface area (Å²) in [6.07, 6.45) is 4.90. The van der Waals surface area contributed by atoms with Crippen LogP contribution in [0.5, 0.6) is 5.75 Å². The minimum Gasteiger partial charge on any atom is -0.494 e. The van der Waals surface area contributed by atoms with Crippen LogP contribution in [-0.2, 0) is 4.79 Å². The molecule has 0 aromatic heterocycles. The number of carbonyl (C=O) groups is 1. The minimum atomic E-state index is -0.940. The molecule has 0 spiro atoms. The Morgan fingerprint density at radius 1 is 1.20 bits per heavy atom. The maximum Gasteiger partial charge on any atom is 0.328 e. The van der Waals surface area contributed by atoms with E-state index in [1.165, 1.54) is 0 Å². The van der Waals surface area contributed by atoms with Crippen molar-refractivity contribution in [3.05, 3.63) is 48.0 Å². The molecule has 0 saturated heterocycles. The lowest BCUT2D eigenvalue weighted by molar-refractivity contribution is -0.131. The van der Waals surface area contributed by atoms with Crippen molar-refractivity contribution < 1.29 is 14.6 Å². The van der Waals surface area contributed by atoms with E-state index in [0.29, 0.717) is 0 Å². The van der Waals surface area contributed by atoms with Crippen molar-refractivity contribution in [2.75, 3.05) is 6.61 Å². The number of unbranched alkanes of at least 4 members (excludes halogenated alkanes) is 1. The van der Waals surface area contributed by atoms with Gasteiger partial charge in [-0.15, -0.1) is 0 Å². The number of rotatable bonds is 6. The molecule has 0 heterocycles. The first-order valence-electron chi connectivity index (χ1n) is 6.76. The molecule has 0 unspecified atom stereocenters. The highest BCUT2D eigenvalue weighted by Gasteiger charge is 1.99. The average Bonchev–Trinajstić information content (AvgIpc) is 2.45. The number of hydrogen-bond acceptors (Lipinski definition) is 2. The molecule has 2 aromatic rings. The molecule has 2 aromatic carbocycles. The van der Waals surface area contributed by atoms with E-state index >= 15 is 0 Å². The van der Waals surface area contributed by atoms with E-state index in [9.17, 15) is 4.79 Å². The summed E-state index contributed by atoms with van der Waals surface area (Å²) < 4.78 is 5.67. The summed E-state index contributed by atoms with van der Waals surface area (Å²) in [5, 5.41) is 10.8. The number of aliphatic carboxylic acids is 1. The van der Waals surface area contributed by atoms with Gasteiger partial charge in [-0.1, -0.05) is 31.5 Å². The lowest BCUT2D eigenvalue weighted by atomic mass is 10.1. The van der Waals surface area contributed by atoms with Gasteiger partial charge in [-0.3, -0.25) is 0 Å². The summed E-state index contributed by atoms with van der Waals surface area (Å²) in [6.45, 7) is 2.87. The van der Waals surface area contributed by atoms with E-state index < -0.39 is 5.97 Å². The molecule has 0 atom stereocenters. The molecular formula is C17H18O3. The molecule has 104 valence electrons. The van der Waals surface area contributed by atoms with Crippen molar-refractivity contribution in [2.45, 2.75) is 19.8 Å². The molecule has 3 heteroatoms. The van der Waals surface area contributed by atoms with Gasteiger partial charge in [0.15, 0.2) is 0 Å². The fraction of sp³-hybridized carbons (Fsp3) is 0.235. The van der Waals surface area contributed by atoms with Crippen molar-refractivity contribution in [2.24, 2.45) is 0 Å². The molecule has 0 radical (unpaired) electrons. The lowest BCUT2D eigenvalue weighted by Crippen LogP contribution is -1.96. The zero-order chi connectivity index (χ0) is 14.4. The highest BCUT2D eigenvalue weighted by Crippen LogP contribution is 2.22. The van der Waals surface area contributed by atoms with Crippen molar-refractivity contribution in [1.29, 1.82) is 0 Å². The molecule has 0 aliphatic rings. The Kier molecular flexibility index (Phi) is 4.77. The van der Waals surface area contributed by atoms with Crippen LogP contribution in [0.3, 0.4) is 0 Å². The third-order valence-electron chi connectivity index (χ3n) is 3.02. The summed E-state index contributed by atoms with van der Waals surface area (Å²) in [5.41, 5.74) is 0.875. The Bertz CT molecular complexity index is 629. The van der Waals surface area contributed by atoms with Crippen LogP contribution in [0.4, 0.5) is 0 Å². The largest absolute Gasteiger partial charge is 0.494 e. The zero-order valence-corrected chi connectivity index (χ0v) is 11.5. The number of carboxylic acids is 1. The number of benzene rings is 2. The third-order valence-corrected chi connectivity index (χ3v) is 3.02. The predicted octanol–water partition coefficient (Wildman–Crippen LogP) is 4.12. The van der Waals surface area contributed by atoms with Crippen LogP contribution in [0.2, 0.25) is 0 Å². The van der Waals surface area contributed by atoms with Gasteiger partial charge in [0.25, 0.3) is 0 Å². The molecule has 0 fully saturated rings. The van der Waals surface area contributed by atoms with Crippen molar-refractivity contribution in [3.63, 3.8) is 0 Å². The average molecular weight is 270 g/mol. The second-order valence-corrected chi connectivity index (χ2v) is 4.64. The molecule has 0 bridgehead atoms. The Morgan fingerprint density at radius 2 is 1.95 bits per heavy atom. The topological polar surface area (TPSA) is 46.5 Å². The van der Waals surface area contributed by atoms with Crippen LogP contribution in [0, 0.1) is 0 Å². The Balaban J connectivity index is 2.18. The lowest BCUT2D eigenvalue weighted by Gasteiger charge is -2.07. The van der Waals surface area contributed by atoms with Crippen LogP contribution in [0.1, 0.15) is 25.3 Å². The summed E-state index contributed by atoms with van der Waals surface area (Å²) in [5.74, 6) is -0.0652. The van der Waals surface area contributed by atoms with Gasteiger partial charge in [0, 0.05) is 6.08 Å². The smallest absolute Gasteiger partial charge is 0.328 e. The molecule has 0 saturated carbocycles. The molecule has 20 heavy (non-hydrogen) atoms. The van der Waals surface area contributed by atoms with Crippen molar-refractivity contribution >= 4 is 22.8 Å². The first-order valence-corrected chi connectivity index (χ1v) is 6.76. The van der Waals surface area contributed by atoms with Gasteiger partial charge in [0.1, 0.15) is 5.75 Å². The van der Waals surface area contributed by atoms with E-state index in [1.54, 1.807) is 6.08 Å². The normalized spacial score (nSPS) is 11.1. The number of hydrogen-bond donors (Lipinski definition) is 1. The molecule has 3 nitrogen and oxygen atoms in total. The standard InChI is InChI=1S/C17H18O3/c1-2-3-10-20-16-8-7-14-11-13(5-9-17(18)19)4-6-15(14)12-16/h4-9,11-12H,2-3,10H2,1H3,(H,18,19)/b9-5+. The fourth-order valence-electron chi connectivity index (χ4n) is 1.94. The first-order chi connectivity index (χ1) is 9.69. The number of fused-ring (bicyclic) bond motifs is 1. The second kappa shape index (κ2) is 6.75. The van der Waals surface area contributed by atoms with Crippen molar-refractivity contribution in [1.82, 2.24) is 0 Å². The van der Waals surface area contributed by atoms with Gasteiger partial charge in [-0.05, 0) is 47.0 Å². The minimum absolute atomic E-state index is 0.738. The molecule has 0 aliphatic carbocycles. The molecule has 1 N–H and O–H groups in total. The highest BCUT2D eigenvalue weighted by molar-refractivity contribution is 5.89. The van der Waals surface area contributed by atoms with E-state index in [4.69, 9.17) is 9.84 Å². The first kappa shape index (κ1) is 14.1. The molecule has 0 amide bonds. The number of ether oxygens (including phenoxy) is 1. The molecule has 2 rings (SSSR count). The van der Waals surface area contributed by atoms with Crippen molar-refractivity contribution in [3.8, 4) is 5.75 Å². The molecule has 0 aliphatic heterocycles. The highest BCUT2D eigenvalue weighted by atomic mass is 16.5. The summed E-state index contributed by atoms with van der Waals surface area (Å²) in [4.78, 5) is 10.5. The second-order valence-electron chi connectivity index (χ2n) is 4.64. The fourth-order valence-corrected chi connectivity index (χ4v) is 1.94.